The van der Waals surface area contributed by atoms with E-state index in [1.807, 2.05) is 17.8 Å². The molecule has 3 rings (SSSR count). The van der Waals surface area contributed by atoms with Crippen LogP contribution in [0, 0.1) is 5.82 Å². The first-order valence-electron chi connectivity index (χ1n) is 8.15. The first-order valence-corrected chi connectivity index (χ1v) is 9.31. The summed E-state index contributed by atoms with van der Waals surface area (Å²) in [5.41, 5.74) is 0.880. The molecular weight excluding hydrogens is 412 g/mol. The first-order chi connectivity index (χ1) is 12.2. The van der Waals surface area contributed by atoms with Crippen LogP contribution in [0.25, 0.3) is 0 Å². The fraction of sp³-hybridized carbons (Fsp3) is 0.333. The second-order valence-corrected chi connectivity index (χ2v) is 6.92. The summed E-state index contributed by atoms with van der Waals surface area (Å²) in [6.07, 6.45) is 2.13. The highest BCUT2D eigenvalue weighted by Gasteiger charge is 2.16. The summed E-state index contributed by atoms with van der Waals surface area (Å²) < 4.78 is 18.6. The monoisotopic (exact) mass is 433 g/mol. The maximum atomic E-state index is 13.1. The Kier molecular flexibility index (Phi) is 10.5. The molecule has 2 heterocycles. The standard InChI is InChI=1S/C18H20FN3O2S.2ClH/c19-14-2-1-3-16(8-14)24-18-5-4-13(11-22-18)10-21-17(23)9-15-12-25-7-6-20-15;;/h1-5,8,11,15,20H,6-7,9-10,12H2,(H,21,23);2*1H. The van der Waals surface area contributed by atoms with Crippen LogP contribution in [0.4, 0.5) is 4.39 Å². The van der Waals surface area contributed by atoms with Gasteiger partial charge in [0.15, 0.2) is 0 Å². The minimum Gasteiger partial charge on any atom is -0.439 e. The van der Waals surface area contributed by atoms with Gasteiger partial charge in [0, 0.05) is 55.4 Å². The van der Waals surface area contributed by atoms with Crippen LogP contribution in [0.1, 0.15) is 12.0 Å². The van der Waals surface area contributed by atoms with Gasteiger partial charge in [0.25, 0.3) is 0 Å². The summed E-state index contributed by atoms with van der Waals surface area (Å²) in [7, 11) is 0. The van der Waals surface area contributed by atoms with Gasteiger partial charge >= 0.3 is 0 Å². The molecule has 1 saturated heterocycles. The zero-order valence-corrected chi connectivity index (χ0v) is 17.0. The number of pyridine rings is 1. The number of hydrogen-bond acceptors (Lipinski definition) is 5. The Morgan fingerprint density at radius 3 is 2.85 bits per heavy atom. The van der Waals surface area contributed by atoms with E-state index in [9.17, 15) is 9.18 Å². The quantitative estimate of drug-likeness (QED) is 0.728. The Bertz CT molecular complexity index is 716. The van der Waals surface area contributed by atoms with E-state index in [4.69, 9.17) is 4.74 Å². The van der Waals surface area contributed by atoms with E-state index in [0.29, 0.717) is 24.6 Å². The zero-order chi connectivity index (χ0) is 17.5. The molecule has 1 amide bonds. The van der Waals surface area contributed by atoms with Gasteiger partial charge < -0.3 is 15.4 Å². The number of nitrogens with zero attached hydrogens (tertiary/aromatic N) is 1. The minimum atomic E-state index is -0.359. The number of ether oxygens (including phenoxy) is 1. The Morgan fingerprint density at radius 1 is 1.33 bits per heavy atom. The second-order valence-electron chi connectivity index (χ2n) is 5.77. The lowest BCUT2D eigenvalue weighted by molar-refractivity contribution is -0.121. The molecule has 2 aromatic rings. The van der Waals surface area contributed by atoms with Gasteiger partial charge in [-0.25, -0.2) is 9.37 Å². The molecule has 1 unspecified atom stereocenters. The topological polar surface area (TPSA) is 63.2 Å². The van der Waals surface area contributed by atoms with Crippen LogP contribution in [0.2, 0.25) is 0 Å². The molecule has 5 nitrogen and oxygen atoms in total. The first kappa shape index (κ1) is 23.5. The molecule has 0 bridgehead atoms. The van der Waals surface area contributed by atoms with Gasteiger partial charge in [0.05, 0.1) is 0 Å². The van der Waals surface area contributed by atoms with Crippen molar-refractivity contribution in [2.24, 2.45) is 0 Å². The van der Waals surface area contributed by atoms with Crippen LogP contribution in [0.15, 0.2) is 42.6 Å². The predicted octanol–water partition coefficient (Wildman–Crippen LogP) is 3.57. The lowest BCUT2D eigenvalue weighted by atomic mass is 10.2. The Labute approximate surface area is 174 Å². The van der Waals surface area contributed by atoms with E-state index in [2.05, 4.69) is 15.6 Å². The van der Waals surface area contributed by atoms with Crippen LogP contribution in [-0.2, 0) is 11.3 Å². The molecule has 0 radical (unpaired) electrons. The van der Waals surface area contributed by atoms with Crippen LogP contribution >= 0.6 is 36.6 Å². The summed E-state index contributed by atoms with van der Waals surface area (Å²) in [5, 5.41) is 6.25. The predicted molar refractivity (Wildman–Crippen MR) is 111 cm³/mol. The number of hydrogen-bond donors (Lipinski definition) is 2. The highest BCUT2D eigenvalue weighted by Crippen LogP contribution is 2.20. The zero-order valence-electron chi connectivity index (χ0n) is 14.5. The van der Waals surface area contributed by atoms with E-state index in [-0.39, 0.29) is 42.6 Å². The Hall–Kier alpha value is -1.54. The number of rotatable bonds is 6. The molecule has 1 aromatic heterocycles. The number of benzene rings is 1. The van der Waals surface area contributed by atoms with Crippen molar-refractivity contribution in [2.45, 2.75) is 19.0 Å². The largest absolute Gasteiger partial charge is 0.439 e. The molecule has 148 valence electrons. The average molecular weight is 434 g/mol. The van der Waals surface area contributed by atoms with Gasteiger partial charge in [-0.15, -0.1) is 24.8 Å². The van der Waals surface area contributed by atoms with Crippen LogP contribution in [-0.4, -0.2) is 35.0 Å². The molecule has 27 heavy (non-hydrogen) atoms. The van der Waals surface area contributed by atoms with Crippen LogP contribution in [0.5, 0.6) is 11.6 Å². The molecule has 0 spiro atoms. The third kappa shape index (κ3) is 7.92. The summed E-state index contributed by atoms with van der Waals surface area (Å²) in [5.74, 6) is 2.52. The van der Waals surface area contributed by atoms with Crippen molar-refractivity contribution in [3.05, 3.63) is 54.0 Å². The van der Waals surface area contributed by atoms with Gasteiger partial charge in [-0.3, -0.25) is 4.79 Å². The molecule has 0 saturated carbocycles. The molecule has 0 aliphatic carbocycles. The number of nitrogens with one attached hydrogen (secondary N) is 2. The summed E-state index contributed by atoms with van der Waals surface area (Å²) in [6.45, 7) is 1.38. The molecular formula is C18H22Cl2FN3O2S. The summed E-state index contributed by atoms with van der Waals surface area (Å²) >= 11 is 1.87. The van der Waals surface area contributed by atoms with Gasteiger partial charge in [0.1, 0.15) is 11.6 Å². The lowest BCUT2D eigenvalue weighted by Crippen LogP contribution is -2.41. The van der Waals surface area contributed by atoms with Gasteiger partial charge in [-0.2, -0.15) is 11.8 Å². The van der Waals surface area contributed by atoms with Crippen molar-refractivity contribution in [1.29, 1.82) is 0 Å². The number of amides is 1. The third-order valence-corrected chi connectivity index (χ3v) is 4.87. The molecule has 1 aliphatic rings. The lowest BCUT2D eigenvalue weighted by Gasteiger charge is -2.22. The van der Waals surface area contributed by atoms with Crippen molar-refractivity contribution in [2.75, 3.05) is 18.1 Å². The van der Waals surface area contributed by atoms with E-state index in [1.54, 1.807) is 24.4 Å². The highest BCUT2D eigenvalue weighted by atomic mass is 35.5. The molecule has 1 aliphatic heterocycles. The third-order valence-electron chi connectivity index (χ3n) is 3.74. The number of halogens is 3. The smallest absolute Gasteiger partial charge is 0.221 e. The van der Waals surface area contributed by atoms with Crippen LogP contribution in [0.3, 0.4) is 0 Å². The summed E-state index contributed by atoms with van der Waals surface area (Å²) in [4.78, 5) is 16.2. The van der Waals surface area contributed by atoms with E-state index in [0.717, 1.165) is 23.6 Å². The normalized spacial score (nSPS) is 15.8. The van der Waals surface area contributed by atoms with E-state index >= 15 is 0 Å². The van der Waals surface area contributed by atoms with E-state index < -0.39 is 0 Å². The number of carbonyl (C=O) groups is 1. The van der Waals surface area contributed by atoms with Crippen molar-refractivity contribution < 1.29 is 13.9 Å². The fourth-order valence-corrected chi connectivity index (χ4v) is 3.42. The number of aromatic nitrogens is 1. The minimum absolute atomic E-state index is 0. The van der Waals surface area contributed by atoms with E-state index in [1.165, 1.54) is 12.1 Å². The van der Waals surface area contributed by atoms with Crippen molar-refractivity contribution in [1.82, 2.24) is 15.6 Å². The van der Waals surface area contributed by atoms with Crippen molar-refractivity contribution >= 4 is 42.5 Å². The molecule has 1 fully saturated rings. The average Bonchev–Trinajstić information content (AvgIpc) is 2.62. The molecule has 1 aromatic carbocycles. The van der Waals surface area contributed by atoms with Gasteiger partial charge in [-0.1, -0.05) is 12.1 Å². The Balaban J connectivity index is 0.00000182. The Morgan fingerprint density at radius 2 is 2.19 bits per heavy atom. The number of thioether (sulfide) groups is 1. The second kappa shape index (κ2) is 12.0. The maximum Gasteiger partial charge on any atom is 0.221 e. The fourth-order valence-electron chi connectivity index (χ4n) is 2.47. The molecule has 1 atom stereocenters. The highest BCUT2D eigenvalue weighted by molar-refractivity contribution is 7.99. The number of carbonyl (C=O) groups excluding carboxylic acids is 1. The van der Waals surface area contributed by atoms with Crippen LogP contribution < -0.4 is 15.4 Å². The summed E-state index contributed by atoms with van der Waals surface area (Å²) in [6, 6.07) is 9.67. The van der Waals surface area contributed by atoms with Crippen molar-refractivity contribution in [3.63, 3.8) is 0 Å². The van der Waals surface area contributed by atoms with Crippen molar-refractivity contribution in [3.8, 4) is 11.6 Å². The van der Waals surface area contributed by atoms with Gasteiger partial charge in [0.2, 0.25) is 11.8 Å². The van der Waals surface area contributed by atoms with Gasteiger partial charge in [-0.05, 0) is 17.7 Å². The molecule has 9 heteroatoms. The SMILES string of the molecule is Cl.Cl.O=C(CC1CSCCN1)NCc1ccc(Oc2cccc(F)c2)nc1. The molecule has 2 N–H and O–H groups in total. The maximum absolute atomic E-state index is 13.1.